The predicted molar refractivity (Wildman–Crippen MR) is 263 cm³/mol. The summed E-state index contributed by atoms with van der Waals surface area (Å²) in [5.74, 6) is -1.35. The quantitative estimate of drug-likeness (QED) is 0.0444. The monoisotopic (exact) mass is 1000 g/mol. The molecule has 3 aromatic carbocycles. The number of hydroxylamine groups is 2. The van der Waals surface area contributed by atoms with Crippen LogP contribution in [0.1, 0.15) is 88.5 Å². The van der Waals surface area contributed by atoms with Gasteiger partial charge in [0.15, 0.2) is 5.71 Å². The maximum atomic E-state index is 13.0. The van der Waals surface area contributed by atoms with Gasteiger partial charge in [0.05, 0.1) is 54.6 Å². The van der Waals surface area contributed by atoms with Gasteiger partial charge in [-0.05, 0) is 76.0 Å². The number of amides is 2. The Kier molecular flexibility index (Phi) is 16.1. The van der Waals surface area contributed by atoms with Crippen LogP contribution in [0.2, 0.25) is 0 Å². The Balaban J connectivity index is 1.27. The van der Waals surface area contributed by atoms with Gasteiger partial charge in [-0.1, -0.05) is 48.6 Å². The highest BCUT2D eigenvalue weighted by Gasteiger charge is 2.48. The number of ether oxygens (including phenoxy) is 4. The third-order valence-electron chi connectivity index (χ3n) is 12.8. The van der Waals surface area contributed by atoms with Crippen molar-refractivity contribution in [3.05, 3.63) is 113 Å². The lowest BCUT2D eigenvalue weighted by Crippen LogP contribution is -2.46. The molecule has 1 fully saturated rings. The van der Waals surface area contributed by atoms with Gasteiger partial charge in [-0.25, -0.2) is 4.79 Å². The van der Waals surface area contributed by atoms with E-state index in [0.29, 0.717) is 73.1 Å². The fourth-order valence-electron chi connectivity index (χ4n) is 9.43. The second-order valence-corrected chi connectivity index (χ2v) is 21.2. The van der Waals surface area contributed by atoms with Gasteiger partial charge < -0.3 is 28.7 Å². The molecule has 2 N–H and O–H groups in total. The Labute approximate surface area is 409 Å². The minimum absolute atomic E-state index is 0.00777. The number of fused-ring (bicyclic) bond motifs is 3. The molecule has 7 rings (SSSR count). The van der Waals surface area contributed by atoms with Crippen LogP contribution in [-0.2, 0) is 59.1 Å². The third-order valence-corrected chi connectivity index (χ3v) is 14.4. The van der Waals surface area contributed by atoms with Crippen LogP contribution in [0, 0.1) is 0 Å². The van der Waals surface area contributed by atoms with Crippen molar-refractivity contribution in [1.82, 2.24) is 5.06 Å². The standard InChI is InChI=1S/C51H59N3O14S2/c1-35-34-50(2,3)53(23-24-65-27-28-66-26-25-64-5)43-33-45-40(32-39(35)43)37(30-44(67-45)36-12-7-6-8-13-36)14-9-15-46-51(4,21-10-16-49(57)68-54-47(55)19-20-48(54)56)41-31-38(70(61,62)63)17-18-42(41)52(46)22-11-29-69(58,59)60/h6-9,12-15,17-18,30-34H,10-11,16,19-29H2,1-5H3,(H-,58,59,60,61,62,63)/p+1. The van der Waals surface area contributed by atoms with Gasteiger partial charge in [0.1, 0.15) is 18.1 Å². The SMILES string of the molecule is COCCOCCOCCN1c2cc3c(cc2C(C)=CC1(C)C)C(=CC=CC1=[N+](CCCS(=O)(=O)O)c2ccc(S(=O)(=O)O)cc2C1(C)CCCC(=O)ON1C(=O)CCC1=O)C=C(c1ccccc1)O3. The molecular formula is C51H60N3O14S2+. The first-order chi connectivity index (χ1) is 33.2. The zero-order valence-corrected chi connectivity index (χ0v) is 41.6. The molecule has 0 spiro atoms. The Morgan fingerprint density at radius 2 is 1.59 bits per heavy atom. The van der Waals surface area contributed by atoms with Crippen LogP contribution in [0.3, 0.4) is 0 Å². The Bertz CT molecular complexity index is 2890. The van der Waals surface area contributed by atoms with Crippen LogP contribution in [0.5, 0.6) is 5.75 Å². The number of methoxy groups -OCH3 is 1. The van der Waals surface area contributed by atoms with Gasteiger partial charge in [-0.3, -0.25) is 18.7 Å². The number of rotatable bonds is 22. The molecule has 2 amide bonds. The number of allylic oxidation sites excluding steroid dienone is 6. The largest absolute Gasteiger partial charge is 0.456 e. The minimum Gasteiger partial charge on any atom is -0.456 e. The average molecular weight is 1000 g/mol. The lowest BCUT2D eigenvalue weighted by Gasteiger charge is -2.44. The first-order valence-electron chi connectivity index (χ1n) is 23.1. The van der Waals surface area contributed by atoms with E-state index in [0.717, 1.165) is 33.5 Å². The molecular weight excluding hydrogens is 943 g/mol. The summed E-state index contributed by atoms with van der Waals surface area (Å²) in [5.41, 5.74) is 5.73. The zero-order valence-electron chi connectivity index (χ0n) is 40.0. The molecule has 70 heavy (non-hydrogen) atoms. The fraction of sp³-hybridized carbons (Fsp3) is 0.412. The molecule has 374 valence electrons. The first kappa shape index (κ1) is 52.0. The molecule has 1 saturated heterocycles. The zero-order chi connectivity index (χ0) is 50.4. The van der Waals surface area contributed by atoms with Crippen LogP contribution in [-0.4, -0.2) is 124 Å². The molecule has 4 aliphatic rings. The summed E-state index contributed by atoms with van der Waals surface area (Å²) >= 11 is 0. The fourth-order valence-corrected chi connectivity index (χ4v) is 10.4. The summed E-state index contributed by atoms with van der Waals surface area (Å²) < 4.78 is 93.9. The van der Waals surface area contributed by atoms with Gasteiger partial charge >= 0.3 is 5.97 Å². The summed E-state index contributed by atoms with van der Waals surface area (Å²) in [6.45, 7) is 11.3. The summed E-state index contributed by atoms with van der Waals surface area (Å²) in [7, 11) is -7.39. The Morgan fingerprint density at radius 1 is 0.886 bits per heavy atom. The van der Waals surface area contributed by atoms with Crippen molar-refractivity contribution in [2.24, 2.45) is 0 Å². The van der Waals surface area contributed by atoms with E-state index in [9.17, 15) is 40.3 Å². The van der Waals surface area contributed by atoms with E-state index < -0.39 is 49.2 Å². The molecule has 0 aliphatic carbocycles. The van der Waals surface area contributed by atoms with Gasteiger partial charge in [0, 0.05) is 85.5 Å². The van der Waals surface area contributed by atoms with E-state index >= 15 is 0 Å². The molecule has 0 aromatic heterocycles. The molecule has 1 atom stereocenters. The number of imide groups is 1. The summed E-state index contributed by atoms with van der Waals surface area (Å²) in [6.07, 6.45) is 9.81. The predicted octanol–water partition coefficient (Wildman–Crippen LogP) is 7.10. The van der Waals surface area contributed by atoms with Crippen molar-refractivity contribution in [3.8, 4) is 5.75 Å². The summed E-state index contributed by atoms with van der Waals surface area (Å²) in [5, 5.41) is 0.481. The van der Waals surface area contributed by atoms with Crippen molar-refractivity contribution in [2.75, 3.05) is 63.9 Å². The van der Waals surface area contributed by atoms with E-state index in [2.05, 4.69) is 43.9 Å². The van der Waals surface area contributed by atoms with Gasteiger partial charge in [-0.2, -0.15) is 21.4 Å². The van der Waals surface area contributed by atoms with Gasteiger partial charge in [0.25, 0.3) is 32.1 Å². The van der Waals surface area contributed by atoms with Crippen molar-refractivity contribution in [2.45, 2.75) is 82.1 Å². The molecule has 4 aliphatic heterocycles. The minimum atomic E-state index is -4.67. The number of hydrogen-bond acceptors (Lipinski definition) is 13. The number of benzene rings is 3. The van der Waals surface area contributed by atoms with Gasteiger partial charge in [0.2, 0.25) is 5.69 Å². The van der Waals surface area contributed by atoms with Crippen LogP contribution < -0.4 is 9.64 Å². The van der Waals surface area contributed by atoms with E-state index in [-0.39, 0.29) is 55.5 Å². The van der Waals surface area contributed by atoms with Crippen molar-refractivity contribution >= 4 is 72.0 Å². The molecule has 1 unspecified atom stereocenters. The van der Waals surface area contributed by atoms with E-state index in [1.807, 2.05) is 66.1 Å². The van der Waals surface area contributed by atoms with Crippen LogP contribution in [0.25, 0.3) is 16.9 Å². The van der Waals surface area contributed by atoms with Crippen molar-refractivity contribution in [1.29, 1.82) is 0 Å². The molecule has 3 aromatic rings. The number of anilines is 1. The highest BCUT2D eigenvalue weighted by Crippen LogP contribution is 2.48. The smallest absolute Gasteiger partial charge is 0.333 e. The van der Waals surface area contributed by atoms with Crippen molar-refractivity contribution in [3.63, 3.8) is 0 Å². The van der Waals surface area contributed by atoms with E-state index in [4.69, 9.17) is 23.8 Å². The lowest BCUT2D eigenvalue weighted by molar-refractivity contribution is -0.437. The Morgan fingerprint density at radius 3 is 2.27 bits per heavy atom. The molecule has 17 nitrogen and oxygen atoms in total. The third kappa shape index (κ3) is 12.0. The molecule has 4 heterocycles. The second kappa shape index (κ2) is 21.7. The normalized spacial score (nSPS) is 19.3. The molecule has 0 bridgehead atoms. The second-order valence-electron chi connectivity index (χ2n) is 18.2. The van der Waals surface area contributed by atoms with E-state index in [1.54, 1.807) is 7.11 Å². The van der Waals surface area contributed by atoms with Gasteiger partial charge in [-0.15, -0.1) is 5.06 Å². The lowest BCUT2D eigenvalue weighted by atomic mass is 9.75. The molecule has 0 radical (unpaired) electrons. The Hall–Kier alpha value is -5.80. The highest BCUT2D eigenvalue weighted by atomic mass is 32.2. The highest BCUT2D eigenvalue weighted by molar-refractivity contribution is 7.86. The molecule has 19 heteroatoms. The van der Waals surface area contributed by atoms with E-state index in [1.165, 1.54) is 18.2 Å². The number of nitrogens with zero attached hydrogens (tertiary/aromatic N) is 3. The van der Waals surface area contributed by atoms with Crippen molar-refractivity contribution < 1.29 is 68.7 Å². The maximum absolute atomic E-state index is 13.0. The number of carbonyl (C=O) groups is 3. The number of hydrogen-bond donors (Lipinski definition) is 2. The summed E-state index contributed by atoms with van der Waals surface area (Å²) in [4.78, 5) is 44.4. The average Bonchev–Trinajstić information content (AvgIpc) is 3.73. The topological polar surface area (TPSA) is 216 Å². The first-order valence-corrected chi connectivity index (χ1v) is 26.2. The maximum Gasteiger partial charge on any atom is 0.333 e. The van der Waals surface area contributed by atoms with Crippen LogP contribution in [0.4, 0.5) is 11.4 Å². The summed E-state index contributed by atoms with van der Waals surface area (Å²) in [6, 6.07) is 18.0. The number of carbonyl (C=O) groups excluding carboxylic acids is 3. The van der Waals surface area contributed by atoms with Crippen LogP contribution in [0.15, 0.2) is 95.9 Å². The van der Waals surface area contributed by atoms with Crippen LogP contribution >= 0.6 is 0 Å². The molecule has 0 saturated carbocycles.